The molecule has 0 saturated heterocycles. The molecule has 0 atom stereocenters. The van der Waals surface area contributed by atoms with E-state index in [1.54, 1.807) is 11.8 Å². The van der Waals surface area contributed by atoms with Crippen molar-refractivity contribution in [3.05, 3.63) is 18.2 Å². The van der Waals surface area contributed by atoms with Gasteiger partial charge in [0, 0.05) is 0 Å². The number of oxazole rings is 1. The van der Waals surface area contributed by atoms with Crippen LogP contribution in [0.3, 0.4) is 0 Å². The Balaban J connectivity index is 2.55. The van der Waals surface area contributed by atoms with Crippen LogP contribution in [0, 0.1) is 0 Å². The first-order valence-electron chi connectivity index (χ1n) is 4.09. The molecular formula is C9H10N2OS. The molecule has 4 heteroatoms. The fourth-order valence-corrected chi connectivity index (χ4v) is 1.69. The first-order chi connectivity index (χ1) is 6.31. The Morgan fingerprint density at radius 1 is 1.54 bits per heavy atom. The molecule has 2 rings (SSSR count). The highest BCUT2D eigenvalue weighted by Crippen LogP contribution is 2.26. The summed E-state index contributed by atoms with van der Waals surface area (Å²) in [6.45, 7) is 2.06. The summed E-state index contributed by atoms with van der Waals surface area (Å²) in [6.07, 6.45) is 0. The van der Waals surface area contributed by atoms with Crippen molar-refractivity contribution in [3.63, 3.8) is 0 Å². The number of benzene rings is 1. The molecule has 68 valence electrons. The van der Waals surface area contributed by atoms with Gasteiger partial charge in [-0.15, -0.1) is 0 Å². The van der Waals surface area contributed by atoms with Crippen LogP contribution in [0.15, 0.2) is 27.8 Å². The number of nitrogens with two attached hydrogens (primary N) is 1. The van der Waals surface area contributed by atoms with Gasteiger partial charge >= 0.3 is 0 Å². The number of hydrogen-bond acceptors (Lipinski definition) is 4. The Bertz CT molecular complexity index is 424. The molecule has 0 unspecified atom stereocenters. The number of fused-ring (bicyclic) bond motifs is 1. The summed E-state index contributed by atoms with van der Waals surface area (Å²) in [6, 6.07) is 5.56. The van der Waals surface area contributed by atoms with E-state index in [9.17, 15) is 0 Å². The van der Waals surface area contributed by atoms with Crippen LogP contribution in [-0.2, 0) is 0 Å². The van der Waals surface area contributed by atoms with Gasteiger partial charge in [-0.1, -0.05) is 24.8 Å². The molecule has 0 spiro atoms. The third-order valence-corrected chi connectivity index (χ3v) is 2.41. The van der Waals surface area contributed by atoms with E-state index in [2.05, 4.69) is 11.9 Å². The van der Waals surface area contributed by atoms with E-state index in [1.165, 1.54) is 0 Å². The summed E-state index contributed by atoms with van der Waals surface area (Å²) in [5, 5.41) is 0.690. The lowest BCUT2D eigenvalue weighted by atomic mass is 10.3. The predicted molar refractivity (Wildman–Crippen MR) is 54.8 cm³/mol. The van der Waals surface area contributed by atoms with Crippen molar-refractivity contribution in [3.8, 4) is 0 Å². The zero-order valence-corrected chi connectivity index (χ0v) is 8.10. The molecule has 0 aliphatic carbocycles. The maximum atomic E-state index is 5.73. The van der Waals surface area contributed by atoms with Crippen molar-refractivity contribution in [1.29, 1.82) is 0 Å². The fourth-order valence-electron chi connectivity index (χ4n) is 1.13. The van der Waals surface area contributed by atoms with Crippen LogP contribution in [0.2, 0.25) is 0 Å². The molecule has 0 saturated carbocycles. The summed E-state index contributed by atoms with van der Waals surface area (Å²) in [5.74, 6) is 0.951. The van der Waals surface area contributed by atoms with E-state index in [4.69, 9.17) is 10.2 Å². The molecule has 3 nitrogen and oxygen atoms in total. The average molecular weight is 194 g/mol. The quantitative estimate of drug-likeness (QED) is 0.589. The van der Waals surface area contributed by atoms with Crippen molar-refractivity contribution in [2.45, 2.75) is 12.1 Å². The number of hydrogen-bond donors (Lipinski definition) is 1. The fraction of sp³-hybridized carbons (Fsp3) is 0.222. The van der Waals surface area contributed by atoms with Gasteiger partial charge in [-0.05, 0) is 17.9 Å². The molecule has 2 N–H and O–H groups in total. The molecule has 13 heavy (non-hydrogen) atoms. The monoisotopic (exact) mass is 194 g/mol. The Morgan fingerprint density at radius 2 is 2.38 bits per heavy atom. The number of nitrogens with zero attached hydrogens (tertiary/aromatic N) is 1. The highest BCUT2D eigenvalue weighted by Gasteiger charge is 2.06. The summed E-state index contributed by atoms with van der Waals surface area (Å²) in [7, 11) is 0. The third kappa shape index (κ3) is 1.49. The second kappa shape index (κ2) is 3.30. The summed E-state index contributed by atoms with van der Waals surface area (Å²) >= 11 is 1.58. The standard InChI is InChI=1S/C9H10N2OS/c1-2-13-9-11-8-6(10)4-3-5-7(8)12-9/h3-5H,2,10H2,1H3. The van der Waals surface area contributed by atoms with Gasteiger partial charge in [0.2, 0.25) is 0 Å². The minimum absolute atomic E-state index is 0.671. The second-order valence-corrected chi connectivity index (χ2v) is 3.82. The zero-order valence-electron chi connectivity index (χ0n) is 7.28. The lowest BCUT2D eigenvalue weighted by molar-refractivity contribution is 0.489. The third-order valence-electron chi connectivity index (χ3n) is 1.70. The van der Waals surface area contributed by atoms with Gasteiger partial charge in [0.05, 0.1) is 5.69 Å². The van der Waals surface area contributed by atoms with Crippen molar-refractivity contribution < 1.29 is 4.42 Å². The largest absolute Gasteiger partial charge is 0.431 e. The van der Waals surface area contributed by atoms with E-state index < -0.39 is 0 Å². The van der Waals surface area contributed by atoms with Crippen molar-refractivity contribution in [2.75, 3.05) is 11.5 Å². The van der Waals surface area contributed by atoms with Crippen LogP contribution < -0.4 is 5.73 Å². The van der Waals surface area contributed by atoms with Gasteiger partial charge in [0.25, 0.3) is 5.22 Å². The molecule has 0 radical (unpaired) electrons. The average Bonchev–Trinajstić information content (AvgIpc) is 2.49. The second-order valence-electron chi connectivity index (χ2n) is 2.61. The van der Waals surface area contributed by atoms with E-state index in [-0.39, 0.29) is 0 Å². The van der Waals surface area contributed by atoms with Crippen LogP contribution in [0.5, 0.6) is 0 Å². The van der Waals surface area contributed by atoms with E-state index in [0.717, 1.165) is 16.9 Å². The highest BCUT2D eigenvalue weighted by molar-refractivity contribution is 7.99. The first-order valence-corrected chi connectivity index (χ1v) is 5.07. The van der Waals surface area contributed by atoms with Crippen molar-refractivity contribution in [2.24, 2.45) is 0 Å². The highest BCUT2D eigenvalue weighted by atomic mass is 32.2. The number of anilines is 1. The molecule has 0 fully saturated rings. The van der Waals surface area contributed by atoms with Crippen LogP contribution in [-0.4, -0.2) is 10.7 Å². The molecule has 1 aromatic carbocycles. The Labute approximate surface area is 80.3 Å². The number of aromatic nitrogens is 1. The molecule has 0 bridgehead atoms. The Morgan fingerprint density at radius 3 is 3.08 bits per heavy atom. The lowest BCUT2D eigenvalue weighted by Gasteiger charge is -1.89. The molecule has 0 aliphatic heterocycles. The SMILES string of the molecule is CCSc1nc2c(N)cccc2o1. The van der Waals surface area contributed by atoms with E-state index in [1.807, 2.05) is 18.2 Å². The van der Waals surface area contributed by atoms with Gasteiger partial charge in [-0.3, -0.25) is 0 Å². The van der Waals surface area contributed by atoms with E-state index in [0.29, 0.717) is 10.9 Å². The van der Waals surface area contributed by atoms with Crippen LogP contribution in [0.1, 0.15) is 6.92 Å². The molecule has 0 amide bonds. The van der Waals surface area contributed by atoms with Gasteiger partial charge < -0.3 is 10.2 Å². The minimum Gasteiger partial charge on any atom is -0.431 e. The smallest absolute Gasteiger partial charge is 0.256 e. The Hall–Kier alpha value is -1.16. The maximum absolute atomic E-state index is 5.73. The predicted octanol–water partition coefficient (Wildman–Crippen LogP) is 2.52. The van der Waals surface area contributed by atoms with E-state index >= 15 is 0 Å². The van der Waals surface area contributed by atoms with Gasteiger partial charge in [-0.25, -0.2) is 4.98 Å². The molecule has 1 aromatic heterocycles. The summed E-state index contributed by atoms with van der Waals surface area (Å²) < 4.78 is 5.46. The topological polar surface area (TPSA) is 52.0 Å². The van der Waals surface area contributed by atoms with Crippen LogP contribution in [0.4, 0.5) is 5.69 Å². The van der Waals surface area contributed by atoms with Crippen molar-refractivity contribution >= 4 is 28.5 Å². The normalized spacial score (nSPS) is 10.8. The van der Waals surface area contributed by atoms with Gasteiger partial charge in [0.1, 0.15) is 5.52 Å². The lowest BCUT2D eigenvalue weighted by Crippen LogP contribution is -1.84. The van der Waals surface area contributed by atoms with Crippen molar-refractivity contribution in [1.82, 2.24) is 4.98 Å². The van der Waals surface area contributed by atoms with Gasteiger partial charge in [-0.2, -0.15) is 0 Å². The van der Waals surface area contributed by atoms with Gasteiger partial charge in [0.15, 0.2) is 5.58 Å². The van der Waals surface area contributed by atoms with Crippen LogP contribution >= 0.6 is 11.8 Å². The number of para-hydroxylation sites is 1. The molecule has 0 aliphatic rings. The zero-order chi connectivity index (χ0) is 9.26. The summed E-state index contributed by atoms with van der Waals surface area (Å²) in [4.78, 5) is 4.27. The summed E-state index contributed by atoms with van der Waals surface area (Å²) in [5.41, 5.74) is 7.93. The van der Waals surface area contributed by atoms with Crippen LogP contribution in [0.25, 0.3) is 11.1 Å². The first kappa shape index (κ1) is 8.44. The number of nitrogen functional groups attached to an aromatic ring is 1. The molecule has 1 heterocycles. The maximum Gasteiger partial charge on any atom is 0.256 e. The molecule has 2 aromatic rings. The number of rotatable bonds is 2. The molecular weight excluding hydrogens is 184 g/mol. The Kier molecular flexibility index (Phi) is 2.14. The number of thioether (sulfide) groups is 1. The minimum atomic E-state index is 0.671.